The number of nitrogens with two attached hydrogens (primary N) is 1. The molecule has 1 aromatic rings. The maximum atomic E-state index is 12.3. The molecule has 2 N–H and O–H groups in total. The minimum Gasteiger partial charge on any atom is -0.476 e. The van der Waals surface area contributed by atoms with Crippen molar-refractivity contribution in [3.63, 3.8) is 0 Å². The van der Waals surface area contributed by atoms with Crippen molar-refractivity contribution in [1.29, 1.82) is 0 Å². The molecule has 0 aliphatic rings. The third kappa shape index (κ3) is 2.84. The van der Waals surface area contributed by atoms with Crippen LogP contribution in [0.1, 0.15) is 6.92 Å². The number of hydrogen-bond acceptors (Lipinski definition) is 3. The Kier molecular flexibility index (Phi) is 2.99. The number of halogens is 1. The van der Waals surface area contributed by atoms with Crippen LogP contribution in [0.3, 0.4) is 0 Å². The van der Waals surface area contributed by atoms with Crippen LogP contribution in [0, 0.1) is 5.82 Å². The fourth-order valence-corrected chi connectivity index (χ4v) is 0.664. The summed E-state index contributed by atoms with van der Waals surface area (Å²) >= 11 is 0. The van der Waals surface area contributed by atoms with Gasteiger partial charge < -0.3 is 10.5 Å². The Morgan fingerprint density at radius 2 is 2.42 bits per heavy atom. The number of pyridine rings is 1. The third-order valence-electron chi connectivity index (χ3n) is 1.19. The summed E-state index contributed by atoms with van der Waals surface area (Å²) in [6.45, 7) is 2.21. The normalized spacial score (nSPS) is 12.6. The van der Waals surface area contributed by atoms with Crippen molar-refractivity contribution in [3.8, 4) is 5.88 Å². The summed E-state index contributed by atoms with van der Waals surface area (Å²) in [5.74, 6) is 0.0249. The van der Waals surface area contributed by atoms with Crippen LogP contribution in [-0.2, 0) is 0 Å². The summed E-state index contributed by atoms with van der Waals surface area (Å²) in [7, 11) is 0. The monoisotopic (exact) mass is 170 g/mol. The van der Waals surface area contributed by atoms with Gasteiger partial charge >= 0.3 is 0 Å². The van der Waals surface area contributed by atoms with Crippen molar-refractivity contribution in [2.45, 2.75) is 13.0 Å². The van der Waals surface area contributed by atoms with Gasteiger partial charge in [-0.05, 0) is 13.0 Å². The van der Waals surface area contributed by atoms with Gasteiger partial charge in [0, 0.05) is 12.1 Å². The van der Waals surface area contributed by atoms with E-state index < -0.39 is 0 Å². The van der Waals surface area contributed by atoms with E-state index in [0.29, 0.717) is 12.5 Å². The molecule has 0 saturated carbocycles. The molecule has 0 bridgehead atoms. The first-order chi connectivity index (χ1) is 5.68. The summed E-state index contributed by atoms with van der Waals surface area (Å²) in [5, 5.41) is 0. The van der Waals surface area contributed by atoms with Crippen LogP contribution in [0.4, 0.5) is 4.39 Å². The molecule has 1 rings (SSSR count). The highest BCUT2D eigenvalue weighted by molar-refractivity contribution is 5.10. The first kappa shape index (κ1) is 8.93. The Balaban J connectivity index is 2.48. The molecule has 4 heteroatoms. The SMILES string of the molecule is C[C@H](N)COc1ccc(F)cn1. The second-order valence-electron chi connectivity index (χ2n) is 2.60. The van der Waals surface area contributed by atoms with E-state index in [0.717, 1.165) is 6.20 Å². The van der Waals surface area contributed by atoms with E-state index in [9.17, 15) is 4.39 Å². The van der Waals surface area contributed by atoms with E-state index in [2.05, 4.69) is 4.98 Å². The van der Waals surface area contributed by atoms with Gasteiger partial charge in [0.2, 0.25) is 5.88 Å². The lowest BCUT2D eigenvalue weighted by Crippen LogP contribution is -2.23. The minimum atomic E-state index is -0.372. The van der Waals surface area contributed by atoms with E-state index in [1.807, 2.05) is 6.92 Å². The summed E-state index contributed by atoms with van der Waals surface area (Å²) in [5.41, 5.74) is 5.44. The fraction of sp³-hybridized carbons (Fsp3) is 0.375. The smallest absolute Gasteiger partial charge is 0.213 e. The van der Waals surface area contributed by atoms with Crippen LogP contribution in [0.25, 0.3) is 0 Å². The van der Waals surface area contributed by atoms with Crippen molar-refractivity contribution in [3.05, 3.63) is 24.1 Å². The number of rotatable bonds is 3. The summed E-state index contributed by atoms with van der Waals surface area (Å²) in [4.78, 5) is 3.70. The average Bonchev–Trinajstić information content (AvgIpc) is 2.03. The number of ether oxygens (including phenoxy) is 1. The second-order valence-corrected chi connectivity index (χ2v) is 2.60. The van der Waals surface area contributed by atoms with Crippen molar-refractivity contribution in [1.82, 2.24) is 4.98 Å². The topological polar surface area (TPSA) is 48.1 Å². The lowest BCUT2D eigenvalue weighted by molar-refractivity contribution is 0.284. The molecule has 0 aliphatic heterocycles. The standard InChI is InChI=1S/C8H11FN2O/c1-6(10)5-12-8-3-2-7(9)4-11-8/h2-4,6H,5,10H2,1H3/t6-/m0/s1. The number of hydrogen-bond donors (Lipinski definition) is 1. The van der Waals surface area contributed by atoms with Gasteiger partial charge in [0.05, 0.1) is 6.20 Å². The van der Waals surface area contributed by atoms with Crippen molar-refractivity contribution < 1.29 is 9.13 Å². The van der Waals surface area contributed by atoms with Crippen molar-refractivity contribution in [2.24, 2.45) is 5.73 Å². The van der Waals surface area contributed by atoms with Crippen LogP contribution < -0.4 is 10.5 Å². The van der Waals surface area contributed by atoms with Gasteiger partial charge in [-0.15, -0.1) is 0 Å². The first-order valence-electron chi connectivity index (χ1n) is 3.68. The Morgan fingerprint density at radius 3 is 2.92 bits per heavy atom. The Labute approximate surface area is 70.4 Å². The highest BCUT2D eigenvalue weighted by atomic mass is 19.1. The zero-order valence-electron chi connectivity index (χ0n) is 6.83. The predicted molar refractivity (Wildman–Crippen MR) is 43.3 cm³/mol. The zero-order chi connectivity index (χ0) is 8.97. The quantitative estimate of drug-likeness (QED) is 0.734. The Morgan fingerprint density at radius 1 is 1.67 bits per heavy atom. The molecule has 1 aromatic heterocycles. The van der Waals surface area contributed by atoms with E-state index in [-0.39, 0.29) is 11.9 Å². The molecule has 0 radical (unpaired) electrons. The predicted octanol–water partition coefficient (Wildman–Crippen LogP) is 0.947. The molecule has 1 heterocycles. The van der Waals surface area contributed by atoms with Crippen LogP contribution in [0.2, 0.25) is 0 Å². The van der Waals surface area contributed by atoms with E-state index >= 15 is 0 Å². The third-order valence-corrected chi connectivity index (χ3v) is 1.19. The molecule has 66 valence electrons. The number of nitrogens with zero attached hydrogens (tertiary/aromatic N) is 1. The largest absolute Gasteiger partial charge is 0.476 e. The minimum absolute atomic E-state index is 0.0446. The molecular formula is C8H11FN2O. The van der Waals surface area contributed by atoms with Gasteiger partial charge in [-0.1, -0.05) is 0 Å². The summed E-state index contributed by atoms with van der Waals surface area (Å²) < 4.78 is 17.5. The fourth-order valence-electron chi connectivity index (χ4n) is 0.664. The average molecular weight is 170 g/mol. The van der Waals surface area contributed by atoms with E-state index in [4.69, 9.17) is 10.5 Å². The highest BCUT2D eigenvalue weighted by Crippen LogP contribution is 2.05. The van der Waals surface area contributed by atoms with Crippen LogP contribution in [0.5, 0.6) is 5.88 Å². The van der Waals surface area contributed by atoms with Crippen LogP contribution in [-0.4, -0.2) is 17.6 Å². The summed E-state index contributed by atoms with van der Waals surface area (Å²) in [6, 6.07) is 2.72. The Hall–Kier alpha value is -1.16. The molecule has 12 heavy (non-hydrogen) atoms. The second kappa shape index (κ2) is 4.01. The molecule has 0 fully saturated rings. The van der Waals surface area contributed by atoms with E-state index in [1.54, 1.807) is 0 Å². The van der Waals surface area contributed by atoms with Gasteiger partial charge in [-0.2, -0.15) is 0 Å². The molecule has 0 saturated heterocycles. The van der Waals surface area contributed by atoms with Crippen LogP contribution >= 0.6 is 0 Å². The lowest BCUT2D eigenvalue weighted by atomic mass is 10.4. The van der Waals surface area contributed by atoms with Crippen molar-refractivity contribution in [2.75, 3.05) is 6.61 Å². The van der Waals surface area contributed by atoms with Gasteiger partial charge in [0.15, 0.2) is 0 Å². The maximum Gasteiger partial charge on any atom is 0.213 e. The van der Waals surface area contributed by atoms with Gasteiger partial charge in [0.1, 0.15) is 12.4 Å². The molecule has 0 amide bonds. The first-order valence-corrected chi connectivity index (χ1v) is 3.68. The Bertz CT molecular complexity index is 235. The highest BCUT2D eigenvalue weighted by Gasteiger charge is 1.97. The molecular weight excluding hydrogens is 159 g/mol. The molecule has 1 atom stereocenters. The van der Waals surface area contributed by atoms with Crippen molar-refractivity contribution >= 4 is 0 Å². The molecule has 0 aliphatic carbocycles. The molecule has 3 nitrogen and oxygen atoms in total. The summed E-state index contributed by atoms with van der Waals surface area (Å²) in [6.07, 6.45) is 1.11. The zero-order valence-corrected chi connectivity index (χ0v) is 6.83. The molecule has 0 unspecified atom stereocenters. The van der Waals surface area contributed by atoms with Crippen LogP contribution in [0.15, 0.2) is 18.3 Å². The molecule has 0 spiro atoms. The van der Waals surface area contributed by atoms with Gasteiger partial charge in [-0.25, -0.2) is 9.37 Å². The van der Waals surface area contributed by atoms with Gasteiger partial charge in [-0.3, -0.25) is 0 Å². The number of aromatic nitrogens is 1. The van der Waals surface area contributed by atoms with E-state index in [1.165, 1.54) is 12.1 Å². The van der Waals surface area contributed by atoms with Gasteiger partial charge in [0.25, 0.3) is 0 Å². The maximum absolute atomic E-state index is 12.3. The molecule has 0 aromatic carbocycles. The lowest BCUT2D eigenvalue weighted by Gasteiger charge is -2.06.